The van der Waals surface area contributed by atoms with Gasteiger partial charge in [0.2, 0.25) is 0 Å². The van der Waals surface area contributed by atoms with Crippen LogP contribution < -0.4 is 21.7 Å². The van der Waals surface area contributed by atoms with Gasteiger partial charge >= 0.3 is 6.03 Å². The first-order chi connectivity index (χ1) is 13.6. The fourth-order valence-electron chi connectivity index (χ4n) is 2.78. The third-order valence-electron chi connectivity index (χ3n) is 4.30. The van der Waals surface area contributed by atoms with E-state index in [1.54, 1.807) is 30.5 Å². The van der Waals surface area contributed by atoms with Crippen LogP contribution in [0, 0.1) is 6.92 Å². The Hall–Kier alpha value is -3.45. The van der Waals surface area contributed by atoms with Crippen molar-refractivity contribution < 1.29 is 9.59 Å². The zero-order valence-electron chi connectivity index (χ0n) is 15.7. The Morgan fingerprint density at radius 1 is 1.04 bits per heavy atom. The number of hydrogen-bond acceptors (Lipinski definition) is 4. The van der Waals surface area contributed by atoms with Gasteiger partial charge < -0.3 is 21.7 Å². The summed E-state index contributed by atoms with van der Waals surface area (Å²) in [6.45, 7) is 2.90. The Bertz CT molecular complexity index is 998. The van der Waals surface area contributed by atoms with E-state index in [1.165, 1.54) is 0 Å². The van der Waals surface area contributed by atoms with E-state index in [0.717, 1.165) is 10.9 Å². The van der Waals surface area contributed by atoms with Gasteiger partial charge in [0.15, 0.2) is 0 Å². The number of rotatable bonds is 6. The number of aromatic nitrogens is 1. The zero-order chi connectivity index (χ0) is 19.9. The van der Waals surface area contributed by atoms with E-state index in [9.17, 15) is 9.59 Å². The minimum absolute atomic E-state index is 0.199. The Morgan fingerprint density at radius 3 is 2.64 bits per heavy atom. The molecule has 0 aliphatic heterocycles. The van der Waals surface area contributed by atoms with Gasteiger partial charge in [-0.1, -0.05) is 24.3 Å². The number of hydrogen-bond donors (Lipinski definition) is 4. The Kier molecular flexibility index (Phi) is 6.18. The molecule has 7 nitrogen and oxygen atoms in total. The molecule has 0 unspecified atom stereocenters. The predicted molar refractivity (Wildman–Crippen MR) is 112 cm³/mol. The molecule has 0 radical (unpaired) electrons. The number of nitrogens with one attached hydrogen (secondary N) is 3. The number of nitrogens with two attached hydrogens (primary N) is 1. The Labute approximate surface area is 163 Å². The van der Waals surface area contributed by atoms with Gasteiger partial charge in [-0.3, -0.25) is 9.78 Å². The maximum Gasteiger partial charge on any atom is 0.323 e. The lowest BCUT2D eigenvalue weighted by Crippen LogP contribution is -2.26. The largest absolute Gasteiger partial charge is 0.352 e. The smallest absolute Gasteiger partial charge is 0.323 e. The SMILES string of the molecule is Cc1ccc(C(=O)NCCCN)cc1NC(=O)Nc1cccc2cccnc12. The van der Waals surface area contributed by atoms with Crippen LogP contribution in [-0.4, -0.2) is 30.0 Å². The summed E-state index contributed by atoms with van der Waals surface area (Å²) >= 11 is 0. The molecule has 0 aliphatic rings. The fraction of sp³-hybridized carbons (Fsp3) is 0.190. The molecule has 1 aromatic heterocycles. The van der Waals surface area contributed by atoms with Crippen LogP contribution in [0.15, 0.2) is 54.7 Å². The van der Waals surface area contributed by atoms with Crippen molar-refractivity contribution in [1.29, 1.82) is 0 Å². The number of carbonyl (C=O) groups excluding carboxylic acids is 2. The van der Waals surface area contributed by atoms with Crippen LogP contribution in [0.1, 0.15) is 22.3 Å². The molecular weight excluding hydrogens is 354 g/mol. The van der Waals surface area contributed by atoms with E-state index in [2.05, 4.69) is 20.9 Å². The Balaban J connectivity index is 1.73. The van der Waals surface area contributed by atoms with Crippen molar-refractivity contribution in [3.8, 4) is 0 Å². The second-order valence-electron chi connectivity index (χ2n) is 6.39. The molecular formula is C21H23N5O2. The van der Waals surface area contributed by atoms with Crippen molar-refractivity contribution in [3.05, 3.63) is 65.9 Å². The normalized spacial score (nSPS) is 10.5. The first-order valence-electron chi connectivity index (χ1n) is 9.09. The van der Waals surface area contributed by atoms with Gasteiger partial charge in [-0.15, -0.1) is 0 Å². The molecule has 0 spiro atoms. The molecule has 5 N–H and O–H groups in total. The van der Waals surface area contributed by atoms with Crippen molar-refractivity contribution in [3.63, 3.8) is 0 Å². The van der Waals surface area contributed by atoms with E-state index < -0.39 is 6.03 Å². The van der Waals surface area contributed by atoms with Gasteiger partial charge in [0.05, 0.1) is 11.2 Å². The summed E-state index contributed by atoms with van der Waals surface area (Å²) in [5.41, 5.74) is 8.66. The van der Waals surface area contributed by atoms with Gasteiger partial charge in [-0.25, -0.2) is 4.79 Å². The van der Waals surface area contributed by atoms with Gasteiger partial charge in [0, 0.05) is 29.4 Å². The number of para-hydroxylation sites is 1. The predicted octanol–water partition coefficient (Wildman–Crippen LogP) is 3.27. The minimum atomic E-state index is -0.401. The first-order valence-corrected chi connectivity index (χ1v) is 9.09. The molecule has 1 heterocycles. The van der Waals surface area contributed by atoms with Crippen LogP contribution in [0.25, 0.3) is 10.9 Å². The molecule has 3 rings (SSSR count). The summed E-state index contributed by atoms with van der Waals surface area (Å²) in [4.78, 5) is 29.1. The molecule has 0 fully saturated rings. The highest BCUT2D eigenvalue weighted by atomic mass is 16.2. The monoisotopic (exact) mass is 377 g/mol. The highest BCUT2D eigenvalue weighted by molar-refractivity contribution is 6.06. The lowest BCUT2D eigenvalue weighted by molar-refractivity contribution is 0.0953. The van der Waals surface area contributed by atoms with E-state index in [0.29, 0.717) is 42.0 Å². The summed E-state index contributed by atoms with van der Waals surface area (Å²) < 4.78 is 0. The molecule has 0 atom stereocenters. The highest BCUT2D eigenvalue weighted by Gasteiger charge is 2.11. The van der Waals surface area contributed by atoms with Crippen LogP contribution in [-0.2, 0) is 0 Å². The molecule has 3 amide bonds. The number of anilines is 2. The fourth-order valence-corrected chi connectivity index (χ4v) is 2.78. The van der Waals surface area contributed by atoms with Crippen molar-refractivity contribution >= 4 is 34.2 Å². The molecule has 0 saturated heterocycles. The standard InChI is InChI=1S/C21H23N5O2/c1-14-8-9-16(20(27)24-12-4-10-22)13-18(14)26-21(28)25-17-7-2-5-15-6-3-11-23-19(15)17/h2-3,5-9,11,13H,4,10,12,22H2,1H3,(H,24,27)(H2,25,26,28). The quantitative estimate of drug-likeness (QED) is 0.494. The lowest BCUT2D eigenvalue weighted by atomic mass is 10.1. The molecule has 0 saturated carbocycles. The van der Waals surface area contributed by atoms with Crippen molar-refractivity contribution in [2.24, 2.45) is 5.73 Å². The first kappa shape index (κ1) is 19.3. The third-order valence-corrected chi connectivity index (χ3v) is 4.30. The lowest BCUT2D eigenvalue weighted by Gasteiger charge is -2.13. The van der Waals surface area contributed by atoms with Crippen molar-refractivity contribution in [2.45, 2.75) is 13.3 Å². The summed E-state index contributed by atoms with van der Waals surface area (Å²) in [6.07, 6.45) is 2.40. The molecule has 0 aliphatic carbocycles. The third kappa shape index (κ3) is 4.63. The van der Waals surface area contributed by atoms with Crippen LogP contribution in [0.3, 0.4) is 0 Å². The second-order valence-corrected chi connectivity index (χ2v) is 6.39. The average molecular weight is 377 g/mol. The van der Waals surface area contributed by atoms with Crippen molar-refractivity contribution in [1.82, 2.24) is 10.3 Å². The van der Waals surface area contributed by atoms with Crippen LogP contribution >= 0.6 is 0 Å². The average Bonchev–Trinajstić information content (AvgIpc) is 2.70. The van der Waals surface area contributed by atoms with Gasteiger partial charge in [-0.05, 0) is 49.7 Å². The minimum Gasteiger partial charge on any atom is -0.352 e. The highest BCUT2D eigenvalue weighted by Crippen LogP contribution is 2.22. The summed E-state index contributed by atoms with van der Waals surface area (Å²) in [5.74, 6) is -0.199. The topological polar surface area (TPSA) is 109 Å². The van der Waals surface area contributed by atoms with Crippen LogP contribution in [0.4, 0.5) is 16.2 Å². The maximum atomic E-state index is 12.5. The molecule has 3 aromatic rings. The van der Waals surface area contributed by atoms with Crippen LogP contribution in [0.2, 0.25) is 0 Å². The molecule has 144 valence electrons. The maximum absolute atomic E-state index is 12.5. The van der Waals surface area contributed by atoms with E-state index >= 15 is 0 Å². The number of amides is 3. The number of urea groups is 1. The van der Waals surface area contributed by atoms with E-state index in [4.69, 9.17) is 5.73 Å². The van der Waals surface area contributed by atoms with Gasteiger partial charge in [0.25, 0.3) is 5.91 Å². The summed E-state index contributed by atoms with van der Waals surface area (Å²) in [5, 5.41) is 9.37. The van der Waals surface area contributed by atoms with Gasteiger partial charge in [0.1, 0.15) is 0 Å². The Morgan fingerprint density at radius 2 is 1.82 bits per heavy atom. The number of fused-ring (bicyclic) bond motifs is 1. The number of carbonyl (C=O) groups is 2. The van der Waals surface area contributed by atoms with E-state index in [-0.39, 0.29) is 5.91 Å². The molecule has 28 heavy (non-hydrogen) atoms. The number of pyridine rings is 1. The number of nitrogens with zero attached hydrogens (tertiary/aromatic N) is 1. The number of benzene rings is 2. The zero-order valence-corrected chi connectivity index (χ0v) is 15.7. The number of aryl methyl sites for hydroxylation is 1. The summed E-state index contributed by atoms with van der Waals surface area (Å²) in [7, 11) is 0. The van der Waals surface area contributed by atoms with Gasteiger partial charge in [-0.2, -0.15) is 0 Å². The summed E-state index contributed by atoms with van der Waals surface area (Å²) in [6, 6.07) is 14.2. The van der Waals surface area contributed by atoms with E-state index in [1.807, 2.05) is 31.2 Å². The van der Waals surface area contributed by atoms with Crippen LogP contribution in [0.5, 0.6) is 0 Å². The second kappa shape index (κ2) is 8.96. The molecule has 0 bridgehead atoms. The molecule has 2 aromatic carbocycles. The molecule has 7 heteroatoms. The van der Waals surface area contributed by atoms with Crippen molar-refractivity contribution in [2.75, 3.05) is 23.7 Å².